The minimum Gasteiger partial charge on any atom is -0.443 e. The van der Waals surface area contributed by atoms with Gasteiger partial charge in [0.2, 0.25) is 11.8 Å². The first-order chi connectivity index (χ1) is 18.9. The summed E-state index contributed by atoms with van der Waals surface area (Å²) in [5.41, 5.74) is 1.75. The Morgan fingerprint density at radius 3 is 2.55 bits per heavy atom. The number of anilines is 3. The number of rotatable bonds is 5. The van der Waals surface area contributed by atoms with Crippen LogP contribution in [0.25, 0.3) is 10.8 Å². The summed E-state index contributed by atoms with van der Waals surface area (Å²) in [6.45, 7) is 10.2. The third kappa shape index (κ3) is 5.40. The van der Waals surface area contributed by atoms with Crippen LogP contribution in [0.4, 0.5) is 22.1 Å². The maximum absolute atomic E-state index is 13.9. The van der Waals surface area contributed by atoms with Crippen LogP contribution in [0.3, 0.4) is 0 Å². The molecule has 0 saturated carbocycles. The van der Waals surface area contributed by atoms with Crippen LogP contribution >= 0.6 is 0 Å². The maximum Gasteiger partial charge on any atom is 0.414 e. The van der Waals surface area contributed by atoms with Gasteiger partial charge >= 0.3 is 6.09 Å². The number of benzene rings is 3. The fourth-order valence-corrected chi connectivity index (χ4v) is 4.85. The van der Waals surface area contributed by atoms with Crippen LogP contribution in [0.2, 0.25) is 0 Å². The number of hydrogen-bond donors (Lipinski definition) is 2. The highest BCUT2D eigenvalue weighted by Crippen LogP contribution is 2.42. The van der Waals surface area contributed by atoms with Crippen LogP contribution in [0.1, 0.15) is 50.5 Å². The Labute approximate surface area is 233 Å². The summed E-state index contributed by atoms with van der Waals surface area (Å²) in [7, 11) is 1.72. The van der Waals surface area contributed by atoms with Crippen molar-refractivity contribution in [1.29, 1.82) is 0 Å². The second-order valence-electron chi connectivity index (χ2n) is 11.4. The maximum atomic E-state index is 13.9. The van der Waals surface area contributed by atoms with Gasteiger partial charge in [0.25, 0.3) is 5.91 Å². The first-order valence-electron chi connectivity index (χ1n) is 13.1. The van der Waals surface area contributed by atoms with E-state index in [1.54, 1.807) is 30.3 Å². The van der Waals surface area contributed by atoms with Crippen LogP contribution in [0, 0.1) is 0 Å². The molecule has 1 aromatic heterocycles. The summed E-state index contributed by atoms with van der Waals surface area (Å²) in [5, 5.41) is 7.53. The number of aromatic nitrogens is 2. The molecular formula is C31H33N5O4. The molecule has 4 aromatic rings. The third-order valence-corrected chi connectivity index (χ3v) is 6.63. The number of fused-ring (bicyclic) bond motifs is 2. The largest absolute Gasteiger partial charge is 0.443 e. The number of hydrogen-bond acceptors (Lipinski definition) is 7. The molecule has 3 aromatic carbocycles. The van der Waals surface area contributed by atoms with Gasteiger partial charge in [-0.1, -0.05) is 50.2 Å². The number of amides is 2. The predicted octanol–water partition coefficient (Wildman–Crippen LogP) is 6.75. The zero-order valence-corrected chi connectivity index (χ0v) is 23.5. The minimum absolute atomic E-state index is 0.269. The molecule has 0 saturated heterocycles. The number of carbonyl (C=O) groups is 2. The van der Waals surface area contributed by atoms with Gasteiger partial charge in [0.15, 0.2) is 0 Å². The normalized spacial score (nSPS) is 14.0. The average Bonchev–Trinajstić information content (AvgIpc) is 3.17. The van der Waals surface area contributed by atoms with Gasteiger partial charge in [-0.25, -0.2) is 9.78 Å². The quantitative estimate of drug-likeness (QED) is 0.289. The second kappa shape index (κ2) is 10.1. The van der Waals surface area contributed by atoms with E-state index in [0.29, 0.717) is 41.1 Å². The highest BCUT2D eigenvalue weighted by Gasteiger charge is 2.40. The van der Waals surface area contributed by atoms with Gasteiger partial charge < -0.3 is 20.1 Å². The van der Waals surface area contributed by atoms with E-state index in [1.165, 1.54) is 0 Å². The van der Waals surface area contributed by atoms with E-state index in [4.69, 9.17) is 9.47 Å². The smallest absolute Gasteiger partial charge is 0.414 e. The van der Waals surface area contributed by atoms with E-state index in [9.17, 15) is 9.59 Å². The van der Waals surface area contributed by atoms with Crippen molar-refractivity contribution in [3.63, 3.8) is 0 Å². The molecule has 206 valence electrons. The van der Waals surface area contributed by atoms with E-state index >= 15 is 0 Å². The lowest BCUT2D eigenvalue weighted by Gasteiger charge is -2.26. The van der Waals surface area contributed by atoms with E-state index < -0.39 is 11.7 Å². The van der Waals surface area contributed by atoms with Crippen molar-refractivity contribution < 1.29 is 19.1 Å². The van der Waals surface area contributed by atoms with E-state index in [0.717, 1.165) is 16.3 Å². The summed E-state index contributed by atoms with van der Waals surface area (Å²) in [6, 6.07) is 18.5. The van der Waals surface area contributed by atoms with Crippen LogP contribution in [-0.4, -0.2) is 41.2 Å². The van der Waals surface area contributed by atoms with Crippen molar-refractivity contribution in [1.82, 2.24) is 9.97 Å². The zero-order chi connectivity index (χ0) is 28.7. The molecule has 0 aliphatic carbocycles. The molecule has 2 N–H and O–H groups in total. The molecule has 0 bridgehead atoms. The second-order valence-corrected chi connectivity index (χ2v) is 11.4. The van der Waals surface area contributed by atoms with Gasteiger partial charge in [0, 0.05) is 37.0 Å². The molecule has 0 unspecified atom stereocenters. The molecule has 2 amide bonds. The summed E-state index contributed by atoms with van der Waals surface area (Å²) >= 11 is 0. The molecule has 5 rings (SSSR count). The summed E-state index contributed by atoms with van der Waals surface area (Å²) < 4.78 is 11.8. The van der Waals surface area contributed by atoms with Gasteiger partial charge in [-0.3, -0.25) is 9.69 Å². The highest BCUT2D eigenvalue weighted by molar-refractivity contribution is 6.15. The fourth-order valence-electron chi connectivity index (χ4n) is 4.85. The molecule has 0 spiro atoms. The van der Waals surface area contributed by atoms with Crippen LogP contribution in [0.15, 0.2) is 66.9 Å². The van der Waals surface area contributed by atoms with Gasteiger partial charge in [-0.05, 0) is 55.3 Å². The Balaban J connectivity index is 1.50. The number of ether oxygens (including phenoxy) is 2. The van der Waals surface area contributed by atoms with Crippen LogP contribution in [0.5, 0.6) is 11.6 Å². The molecule has 9 heteroatoms. The Morgan fingerprint density at radius 2 is 1.80 bits per heavy atom. The molecule has 0 atom stereocenters. The summed E-state index contributed by atoms with van der Waals surface area (Å²) in [5.74, 6) is 0.710. The van der Waals surface area contributed by atoms with Crippen molar-refractivity contribution in [3.8, 4) is 11.6 Å². The molecule has 1 aliphatic heterocycles. The molecular weight excluding hydrogens is 506 g/mol. The number of nitrogens with zero attached hydrogens (tertiary/aromatic N) is 3. The van der Waals surface area contributed by atoms with Crippen molar-refractivity contribution in [3.05, 3.63) is 78.0 Å². The molecule has 9 nitrogen and oxygen atoms in total. The lowest BCUT2D eigenvalue weighted by atomic mass is 9.87. The Morgan fingerprint density at radius 1 is 1.02 bits per heavy atom. The van der Waals surface area contributed by atoms with Crippen molar-refractivity contribution in [2.45, 2.75) is 45.6 Å². The van der Waals surface area contributed by atoms with Crippen molar-refractivity contribution >= 4 is 40.1 Å². The van der Waals surface area contributed by atoms with Gasteiger partial charge in [-0.2, -0.15) is 4.98 Å². The van der Waals surface area contributed by atoms with E-state index in [1.807, 2.05) is 69.3 Å². The molecule has 40 heavy (non-hydrogen) atoms. The first-order valence-corrected chi connectivity index (χ1v) is 13.1. The Hall–Kier alpha value is -4.66. The standard InChI is InChI=1S/C31H33N5O4/c1-30(2,3)40-29(38)36-18-31(4,5)22-13-12-20(17-23(22)36)34-27(37)26-21-10-8-7-9-19(21)11-14-24(26)39-25-15-16-33-28(32-6)35-25/h7-17H,18H2,1-6H3,(H,34,37)(H,32,33,35). The zero-order valence-electron chi connectivity index (χ0n) is 23.5. The average molecular weight is 540 g/mol. The molecule has 1 aliphatic rings. The Kier molecular flexibility index (Phi) is 6.83. The highest BCUT2D eigenvalue weighted by atomic mass is 16.6. The van der Waals surface area contributed by atoms with Crippen molar-refractivity contribution in [2.75, 3.05) is 29.1 Å². The minimum atomic E-state index is -0.627. The third-order valence-electron chi connectivity index (χ3n) is 6.63. The van der Waals surface area contributed by atoms with Crippen LogP contribution in [-0.2, 0) is 10.2 Å². The topological polar surface area (TPSA) is 106 Å². The first kappa shape index (κ1) is 26.9. The van der Waals surface area contributed by atoms with Crippen LogP contribution < -0.4 is 20.3 Å². The lowest BCUT2D eigenvalue weighted by Crippen LogP contribution is -2.38. The summed E-state index contributed by atoms with van der Waals surface area (Å²) in [6.07, 6.45) is 1.16. The van der Waals surface area contributed by atoms with Crippen molar-refractivity contribution in [2.24, 2.45) is 0 Å². The van der Waals surface area contributed by atoms with E-state index in [2.05, 4.69) is 34.4 Å². The molecule has 0 fully saturated rings. The Bertz CT molecular complexity index is 1610. The monoisotopic (exact) mass is 539 g/mol. The van der Waals surface area contributed by atoms with Gasteiger partial charge in [0.1, 0.15) is 11.4 Å². The lowest BCUT2D eigenvalue weighted by molar-refractivity contribution is 0.0579. The molecule has 2 heterocycles. The SMILES string of the molecule is CNc1nccc(Oc2ccc3ccccc3c2C(=O)Nc2ccc3c(c2)N(C(=O)OC(C)(C)C)CC3(C)C)n1. The van der Waals surface area contributed by atoms with Gasteiger partial charge in [-0.15, -0.1) is 0 Å². The summed E-state index contributed by atoms with van der Waals surface area (Å²) in [4.78, 5) is 37.0. The van der Waals surface area contributed by atoms with Gasteiger partial charge in [0.05, 0.1) is 11.3 Å². The molecule has 0 radical (unpaired) electrons. The number of carbonyl (C=O) groups excluding carboxylic acids is 2. The van der Waals surface area contributed by atoms with E-state index in [-0.39, 0.29) is 11.3 Å². The fraction of sp³-hybridized carbons (Fsp3) is 0.290. The predicted molar refractivity (Wildman–Crippen MR) is 157 cm³/mol. The number of nitrogens with one attached hydrogen (secondary N) is 2.